The van der Waals surface area contributed by atoms with E-state index >= 15 is 0 Å². The number of rotatable bonds is 6. The van der Waals surface area contributed by atoms with Crippen LogP contribution in [0.1, 0.15) is 79.1 Å². The van der Waals surface area contributed by atoms with E-state index < -0.39 is 30.0 Å². The average Bonchev–Trinajstić information content (AvgIpc) is 3.07. The summed E-state index contributed by atoms with van der Waals surface area (Å²) in [7, 11) is 0. The molecule has 2 unspecified atom stereocenters. The predicted octanol–water partition coefficient (Wildman–Crippen LogP) is 3.65. The highest BCUT2D eigenvalue weighted by molar-refractivity contribution is 5.26. The molecule has 0 aromatic rings. The number of aliphatic hydroxyl groups excluding tert-OH is 3. The normalized spacial score (nSPS) is 40.9. The Labute approximate surface area is 193 Å². The molecular weight excluding hydrogens is 404 g/mol. The topological polar surface area (TPSA) is 101 Å². The monoisotopic (exact) mass is 448 g/mol. The Morgan fingerprint density at radius 3 is 2.38 bits per heavy atom. The molecule has 32 heavy (non-hydrogen) atoms. The number of hydrogen-bond donors (Lipinski definition) is 5. The molecular formula is C27H44O5. The molecule has 3 rings (SSSR count). The van der Waals surface area contributed by atoms with Crippen molar-refractivity contribution in [3.8, 4) is 0 Å². The zero-order valence-electron chi connectivity index (χ0n) is 20.3. The fraction of sp³-hybridized carbons (Fsp3) is 0.778. The zero-order chi connectivity index (χ0) is 23.7. The second-order valence-electron chi connectivity index (χ2n) is 11.4. The average molecular weight is 449 g/mol. The highest BCUT2D eigenvalue weighted by Gasteiger charge is 2.50. The molecule has 0 aromatic heterocycles. The SMILES string of the molecule is C[C@H](/C=C/[C@@](C)(O)C(C)(O)CO)[C@H]1CC[C@H]2/C(=C/C=C3CC(O)C[C@H](O)C3)CCC[C@]12C. The Hall–Kier alpha value is -0.980. The van der Waals surface area contributed by atoms with Crippen LogP contribution < -0.4 is 0 Å². The van der Waals surface area contributed by atoms with Crippen LogP contribution in [0.5, 0.6) is 0 Å². The summed E-state index contributed by atoms with van der Waals surface area (Å²) >= 11 is 0. The van der Waals surface area contributed by atoms with E-state index in [1.165, 1.54) is 18.9 Å². The van der Waals surface area contributed by atoms with Crippen molar-refractivity contribution in [3.05, 3.63) is 35.5 Å². The summed E-state index contributed by atoms with van der Waals surface area (Å²) in [6.07, 6.45) is 14.8. The molecule has 3 saturated carbocycles. The zero-order valence-corrected chi connectivity index (χ0v) is 20.3. The molecule has 0 heterocycles. The van der Waals surface area contributed by atoms with E-state index in [0.717, 1.165) is 31.3 Å². The predicted molar refractivity (Wildman–Crippen MR) is 127 cm³/mol. The summed E-state index contributed by atoms with van der Waals surface area (Å²) < 4.78 is 0. The molecule has 182 valence electrons. The minimum absolute atomic E-state index is 0.198. The highest BCUT2D eigenvalue weighted by atomic mass is 16.4. The third kappa shape index (κ3) is 5.23. The molecule has 0 bridgehead atoms. The van der Waals surface area contributed by atoms with E-state index in [4.69, 9.17) is 0 Å². The maximum atomic E-state index is 10.7. The molecule has 0 aliphatic heterocycles. The molecule has 0 aromatic carbocycles. The highest BCUT2D eigenvalue weighted by Crippen LogP contribution is 2.59. The van der Waals surface area contributed by atoms with Crippen molar-refractivity contribution >= 4 is 0 Å². The van der Waals surface area contributed by atoms with Crippen molar-refractivity contribution in [3.63, 3.8) is 0 Å². The van der Waals surface area contributed by atoms with E-state index in [2.05, 4.69) is 26.0 Å². The van der Waals surface area contributed by atoms with Crippen LogP contribution in [0.3, 0.4) is 0 Å². The summed E-state index contributed by atoms with van der Waals surface area (Å²) in [5, 5.41) is 50.3. The molecule has 3 aliphatic rings. The van der Waals surface area contributed by atoms with Crippen molar-refractivity contribution in [2.75, 3.05) is 6.61 Å². The fourth-order valence-corrected chi connectivity index (χ4v) is 6.49. The van der Waals surface area contributed by atoms with Crippen molar-refractivity contribution in [1.29, 1.82) is 0 Å². The molecule has 3 aliphatic carbocycles. The Balaban J connectivity index is 1.75. The summed E-state index contributed by atoms with van der Waals surface area (Å²) in [5.74, 6) is 1.29. The van der Waals surface area contributed by atoms with Gasteiger partial charge in [0.1, 0.15) is 11.2 Å². The van der Waals surface area contributed by atoms with Gasteiger partial charge in [-0.2, -0.15) is 0 Å². The van der Waals surface area contributed by atoms with Crippen LogP contribution in [0.4, 0.5) is 0 Å². The molecule has 0 spiro atoms. The Kier molecular flexibility index (Phi) is 7.78. The summed E-state index contributed by atoms with van der Waals surface area (Å²) in [6, 6.07) is 0. The van der Waals surface area contributed by atoms with Gasteiger partial charge in [-0.05, 0) is 88.4 Å². The first-order chi connectivity index (χ1) is 14.9. The van der Waals surface area contributed by atoms with Gasteiger partial charge in [-0.15, -0.1) is 0 Å². The van der Waals surface area contributed by atoms with Crippen LogP contribution in [-0.2, 0) is 0 Å². The Morgan fingerprint density at radius 2 is 1.75 bits per heavy atom. The number of fused-ring (bicyclic) bond motifs is 1. The molecule has 0 radical (unpaired) electrons. The first-order valence-corrected chi connectivity index (χ1v) is 12.4. The molecule has 0 saturated heterocycles. The van der Waals surface area contributed by atoms with E-state index in [9.17, 15) is 25.5 Å². The lowest BCUT2D eigenvalue weighted by atomic mass is 9.61. The lowest BCUT2D eigenvalue weighted by Crippen LogP contribution is -2.51. The molecule has 8 atom stereocenters. The molecule has 5 heteroatoms. The Morgan fingerprint density at radius 1 is 1.09 bits per heavy atom. The van der Waals surface area contributed by atoms with Gasteiger partial charge in [0, 0.05) is 0 Å². The lowest BCUT2D eigenvalue weighted by molar-refractivity contribution is -0.126. The maximum Gasteiger partial charge on any atom is 0.117 e. The largest absolute Gasteiger partial charge is 0.393 e. The van der Waals surface area contributed by atoms with Crippen molar-refractivity contribution in [2.24, 2.45) is 23.2 Å². The molecule has 0 amide bonds. The second-order valence-corrected chi connectivity index (χ2v) is 11.4. The van der Waals surface area contributed by atoms with Gasteiger partial charge >= 0.3 is 0 Å². The first kappa shape index (κ1) is 25.6. The van der Waals surface area contributed by atoms with Crippen molar-refractivity contribution in [2.45, 2.75) is 102 Å². The van der Waals surface area contributed by atoms with E-state index in [1.54, 1.807) is 13.0 Å². The van der Waals surface area contributed by atoms with Crippen molar-refractivity contribution in [1.82, 2.24) is 0 Å². The quantitative estimate of drug-likeness (QED) is 0.399. The van der Waals surface area contributed by atoms with E-state index in [0.29, 0.717) is 31.1 Å². The van der Waals surface area contributed by atoms with E-state index in [1.807, 2.05) is 6.08 Å². The van der Waals surface area contributed by atoms with Crippen LogP contribution in [0.2, 0.25) is 0 Å². The summed E-state index contributed by atoms with van der Waals surface area (Å²) in [6.45, 7) is 7.10. The third-order valence-corrected chi connectivity index (χ3v) is 8.87. The maximum absolute atomic E-state index is 10.7. The van der Waals surface area contributed by atoms with Crippen LogP contribution in [-0.4, -0.2) is 55.5 Å². The number of allylic oxidation sites excluding steroid dienone is 4. The standard InChI is InChI=1S/C27H44O5/c1-18(11-13-26(3,31)27(4,32)17-28)23-9-10-24-20(6-5-12-25(23,24)2)8-7-19-14-21(29)16-22(30)15-19/h7-8,11,13,18,21-24,28-32H,5-6,9-10,12,14-17H2,1-4H3/b13-11+,19-7?,20-8+/t18-,21-,22?,23-,24+,25-,26-,27?/m1/s1. The van der Waals surface area contributed by atoms with Gasteiger partial charge in [-0.1, -0.05) is 49.3 Å². The fourth-order valence-electron chi connectivity index (χ4n) is 6.49. The molecule has 3 fully saturated rings. The van der Waals surface area contributed by atoms with Gasteiger partial charge in [0.15, 0.2) is 0 Å². The van der Waals surface area contributed by atoms with Crippen molar-refractivity contribution < 1.29 is 25.5 Å². The molecule has 5 nitrogen and oxygen atoms in total. The van der Waals surface area contributed by atoms with Crippen LogP contribution in [0.25, 0.3) is 0 Å². The lowest BCUT2D eigenvalue weighted by Gasteiger charge is -2.44. The number of hydrogen-bond acceptors (Lipinski definition) is 5. The van der Waals surface area contributed by atoms with Gasteiger partial charge in [0.25, 0.3) is 0 Å². The number of aliphatic hydroxyl groups is 5. The summed E-state index contributed by atoms with van der Waals surface area (Å²) in [4.78, 5) is 0. The Bertz CT molecular complexity index is 737. The van der Waals surface area contributed by atoms with Gasteiger partial charge in [0.05, 0.1) is 18.8 Å². The van der Waals surface area contributed by atoms with Gasteiger partial charge in [0.2, 0.25) is 0 Å². The smallest absolute Gasteiger partial charge is 0.117 e. The first-order valence-electron chi connectivity index (χ1n) is 12.4. The van der Waals surface area contributed by atoms with E-state index in [-0.39, 0.29) is 11.3 Å². The van der Waals surface area contributed by atoms with Gasteiger partial charge in [-0.3, -0.25) is 0 Å². The molecule has 5 N–H and O–H groups in total. The summed E-state index contributed by atoms with van der Waals surface area (Å²) in [5.41, 5.74) is -0.244. The van der Waals surface area contributed by atoms with Gasteiger partial charge in [-0.25, -0.2) is 0 Å². The third-order valence-electron chi connectivity index (χ3n) is 8.87. The second kappa shape index (κ2) is 9.71. The van der Waals surface area contributed by atoms with Crippen LogP contribution in [0, 0.1) is 23.2 Å². The minimum atomic E-state index is -1.58. The van der Waals surface area contributed by atoms with Gasteiger partial charge < -0.3 is 25.5 Å². The van der Waals surface area contributed by atoms with Crippen LogP contribution in [0.15, 0.2) is 35.5 Å². The van der Waals surface area contributed by atoms with Crippen LogP contribution >= 0.6 is 0 Å². The minimum Gasteiger partial charge on any atom is -0.393 e.